The van der Waals surface area contributed by atoms with Crippen molar-refractivity contribution in [1.82, 2.24) is 4.90 Å². The number of anilines is 1. The van der Waals surface area contributed by atoms with Crippen molar-refractivity contribution in [3.8, 4) is 5.75 Å². The van der Waals surface area contributed by atoms with Gasteiger partial charge < -0.3 is 19.7 Å². The van der Waals surface area contributed by atoms with Gasteiger partial charge in [0.05, 0.1) is 17.7 Å². The molecule has 6 nitrogen and oxygen atoms in total. The second-order valence-electron chi connectivity index (χ2n) is 10.2. The second kappa shape index (κ2) is 7.78. The number of hydrogen-bond acceptors (Lipinski definition) is 5. The highest BCUT2D eigenvalue weighted by molar-refractivity contribution is 6.02. The highest BCUT2D eigenvalue weighted by Gasteiger charge is 2.45. The van der Waals surface area contributed by atoms with E-state index in [9.17, 15) is 9.59 Å². The number of aryl methyl sites for hydroxylation is 1. The van der Waals surface area contributed by atoms with Crippen LogP contribution in [0, 0.1) is 6.92 Å². The Kier molecular flexibility index (Phi) is 5.45. The lowest BCUT2D eigenvalue weighted by Crippen LogP contribution is -2.53. The molecular weight excluding hydrogens is 380 g/mol. The third-order valence-electron chi connectivity index (χ3n) is 6.38. The van der Waals surface area contributed by atoms with E-state index in [2.05, 4.69) is 11.4 Å². The van der Waals surface area contributed by atoms with Crippen LogP contribution >= 0.6 is 0 Å². The summed E-state index contributed by atoms with van der Waals surface area (Å²) >= 11 is 0. The van der Waals surface area contributed by atoms with E-state index >= 15 is 0 Å². The van der Waals surface area contributed by atoms with Crippen molar-refractivity contribution in [3.05, 3.63) is 23.3 Å². The quantitative estimate of drug-likeness (QED) is 0.730. The Morgan fingerprint density at radius 1 is 1.20 bits per heavy atom. The molecule has 0 aromatic heterocycles. The number of ether oxygens (including phenoxy) is 2. The summed E-state index contributed by atoms with van der Waals surface area (Å²) in [4.78, 5) is 27.2. The molecule has 6 heteroatoms. The summed E-state index contributed by atoms with van der Waals surface area (Å²) in [5.41, 5.74) is 1.65. The molecule has 1 saturated heterocycles. The molecule has 1 spiro atoms. The summed E-state index contributed by atoms with van der Waals surface area (Å²) in [6, 6.07) is 4.49. The summed E-state index contributed by atoms with van der Waals surface area (Å²) < 4.78 is 12.1. The Morgan fingerprint density at radius 2 is 1.87 bits per heavy atom. The molecule has 1 amide bonds. The number of rotatable bonds is 2. The Hall–Kier alpha value is -2.24. The van der Waals surface area contributed by atoms with E-state index in [0.717, 1.165) is 24.1 Å². The van der Waals surface area contributed by atoms with Gasteiger partial charge >= 0.3 is 6.09 Å². The SMILES string of the molecule is Cc1cc(NC2CCCC2)c2c(c1)C(=O)CC1(CCN(C(=O)OC(C)(C)C)CC1)O2. The van der Waals surface area contributed by atoms with Crippen LogP contribution in [-0.2, 0) is 4.74 Å². The number of ketones is 1. The molecule has 1 aliphatic carbocycles. The molecule has 1 aromatic carbocycles. The highest BCUT2D eigenvalue weighted by atomic mass is 16.6. The van der Waals surface area contributed by atoms with Crippen molar-refractivity contribution in [2.75, 3.05) is 18.4 Å². The fraction of sp³-hybridized carbons (Fsp3) is 0.667. The van der Waals surface area contributed by atoms with E-state index in [1.807, 2.05) is 33.8 Å². The van der Waals surface area contributed by atoms with Crippen LogP contribution < -0.4 is 10.1 Å². The first-order chi connectivity index (χ1) is 14.1. The monoisotopic (exact) mass is 414 g/mol. The van der Waals surface area contributed by atoms with Crippen LogP contribution in [-0.4, -0.2) is 47.1 Å². The Labute approximate surface area is 179 Å². The first-order valence-electron chi connectivity index (χ1n) is 11.3. The van der Waals surface area contributed by atoms with E-state index in [1.165, 1.54) is 12.8 Å². The molecule has 0 atom stereocenters. The van der Waals surface area contributed by atoms with Crippen molar-refractivity contribution < 1.29 is 19.1 Å². The smallest absolute Gasteiger partial charge is 0.410 e. The van der Waals surface area contributed by atoms with Gasteiger partial charge in [-0.1, -0.05) is 12.8 Å². The van der Waals surface area contributed by atoms with E-state index in [-0.39, 0.29) is 11.9 Å². The van der Waals surface area contributed by atoms with Crippen LogP contribution in [0.5, 0.6) is 5.75 Å². The molecule has 1 aromatic rings. The number of nitrogens with one attached hydrogen (secondary N) is 1. The van der Waals surface area contributed by atoms with Crippen LogP contribution in [0.1, 0.15) is 81.6 Å². The standard InChI is InChI=1S/C24H34N2O4/c1-16-13-18-20(27)15-24(9-11-26(12-10-24)22(28)30-23(2,3)4)29-21(18)19(14-16)25-17-7-5-6-8-17/h13-14,17,25H,5-12,15H2,1-4H3. The molecule has 1 saturated carbocycles. The first-order valence-corrected chi connectivity index (χ1v) is 11.3. The normalized spacial score (nSPS) is 21.3. The second-order valence-corrected chi connectivity index (χ2v) is 10.2. The van der Waals surface area contributed by atoms with Gasteiger partial charge in [0.1, 0.15) is 11.2 Å². The summed E-state index contributed by atoms with van der Waals surface area (Å²) in [7, 11) is 0. The topological polar surface area (TPSA) is 67.9 Å². The predicted molar refractivity (Wildman–Crippen MR) is 116 cm³/mol. The van der Waals surface area contributed by atoms with Gasteiger partial charge in [0.15, 0.2) is 11.5 Å². The minimum atomic E-state index is -0.538. The number of benzene rings is 1. The molecule has 2 aliphatic heterocycles. The molecule has 2 fully saturated rings. The molecule has 4 rings (SSSR count). The van der Waals surface area contributed by atoms with E-state index < -0.39 is 11.2 Å². The van der Waals surface area contributed by atoms with Gasteiger partial charge in [-0.25, -0.2) is 4.79 Å². The molecule has 0 unspecified atom stereocenters. The maximum absolute atomic E-state index is 13.1. The minimum Gasteiger partial charge on any atom is -0.484 e. The number of Topliss-reactive ketones (excluding diaryl/α,β-unsaturated/α-hetero) is 1. The van der Waals surface area contributed by atoms with E-state index in [0.29, 0.717) is 49.7 Å². The molecule has 1 N–H and O–H groups in total. The van der Waals surface area contributed by atoms with Gasteiger partial charge in [-0.3, -0.25) is 4.79 Å². The van der Waals surface area contributed by atoms with Crippen molar-refractivity contribution in [3.63, 3.8) is 0 Å². The predicted octanol–water partition coefficient (Wildman–Crippen LogP) is 5.08. The molecule has 0 bridgehead atoms. The fourth-order valence-corrected chi connectivity index (χ4v) is 4.83. The number of hydrogen-bond donors (Lipinski definition) is 1. The van der Waals surface area contributed by atoms with Crippen molar-refractivity contribution >= 4 is 17.6 Å². The number of carbonyl (C=O) groups is 2. The number of piperidine rings is 1. The molecule has 3 aliphatic rings. The molecule has 0 radical (unpaired) electrons. The Balaban J connectivity index is 1.52. The van der Waals surface area contributed by atoms with Gasteiger partial charge in [-0.15, -0.1) is 0 Å². The number of likely N-dealkylation sites (tertiary alicyclic amines) is 1. The van der Waals surface area contributed by atoms with Crippen LogP contribution in [0.4, 0.5) is 10.5 Å². The van der Waals surface area contributed by atoms with Crippen molar-refractivity contribution in [1.29, 1.82) is 0 Å². The maximum Gasteiger partial charge on any atom is 0.410 e. The summed E-state index contributed by atoms with van der Waals surface area (Å²) in [5, 5.41) is 3.64. The average molecular weight is 415 g/mol. The Morgan fingerprint density at radius 3 is 2.50 bits per heavy atom. The zero-order valence-corrected chi connectivity index (χ0v) is 18.7. The van der Waals surface area contributed by atoms with Crippen LogP contribution in [0.3, 0.4) is 0 Å². The lowest BCUT2D eigenvalue weighted by molar-refractivity contribution is -0.0223. The fourth-order valence-electron chi connectivity index (χ4n) is 4.83. The zero-order chi connectivity index (χ0) is 21.5. The molecule has 164 valence electrons. The maximum atomic E-state index is 13.1. The Bertz CT molecular complexity index is 828. The summed E-state index contributed by atoms with van der Waals surface area (Å²) in [6.45, 7) is 8.71. The lowest BCUT2D eigenvalue weighted by atomic mass is 9.82. The number of fused-ring (bicyclic) bond motifs is 1. The lowest BCUT2D eigenvalue weighted by Gasteiger charge is -2.44. The van der Waals surface area contributed by atoms with Gasteiger partial charge in [0, 0.05) is 32.0 Å². The van der Waals surface area contributed by atoms with Gasteiger partial charge in [-0.05, 0) is 58.2 Å². The van der Waals surface area contributed by atoms with Gasteiger partial charge in [-0.2, -0.15) is 0 Å². The third-order valence-corrected chi connectivity index (χ3v) is 6.38. The molecule has 30 heavy (non-hydrogen) atoms. The molecular formula is C24H34N2O4. The third kappa shape index (κ3) is 4.42. The van der Waals surface area contributed by atoms with Crippen LogP contribution in [0.2, 0.25) is 0 Å². The number of amides is 1. The van der Waals surface area contributed by atoms with Gasteiger partial charge in [0.2, 0.25) is 0 Å². The van der Waals surface area contributed by atoms with Crippen molar-refractivity contribution in [2.45, 2.75) is 89.9 Å². The van der Waals surface area contributed by atoms with E-state index in [1.54, 1.807) is 4.90 Å². The highest BCUT2D eigenvalue weighted by Crippen LogP contribution is 2.44. The minimum absolute atomic E-state index is 0.139. The van der Waals surface area contributed by atoms with Crippen LogP contribution in [0.15, 0.2) is 12.1 Å². The summed E-state index contributed by atoms with van der Waals surface area (Å²) in [6.07, 6.45) is 6.15. The largest absolute Gasteiger partial charge is 0.484 e. The van der Waals surface area contributed by atoms with Gasteiger partial charge in [0.25, 0.3) is 0 Å². The van der Waals surface area contributed by atoms with Crippen LogP contribution in [0.25, 0.3) is 0 Å². The molecule has 2 heterocycles. The average Bonchev–Trinajstić information content (AvgIpc) is 3.15. The van der Waals surface area contributed by atoms with E-state index in [4.69, 9.17) is 9.47 Å². The first kappa shape index (κ1) is 21.0. The number of nitrogens with zero attached hydrogens (tertiary/aromatic N) is 1. The summed E-state index contributed by atoms with van der Waals surface area (Å²) in [5.74, 6) is 0.842. The number of carbonyl (C=O) groups excluding carboxylic acids is 2. The zero-order valence-electron chi connectivity index (χ0n) is 18.7. The van der Waals surface area contributed by atoms with Crippen molar-refractivity contribution in [2.24, 2.45) is 0 Å².